The zero-order chi connectivity index (χ0) is 19.5. The second-order valence-electron chi connectivity index (χ2n) is 7.32. The highest BCUT2D eigenvalue weighted by Gasteiger charge is 2.24. The molecule has 1 saturated carbocycles. The Morgan fingerprint density at radius 2 is 1.86 bits per heavy atom. The number of nitrogens with zero attached hydrogens (tertiary/aromatic N) is 2. The molecule has 1 aliphatic rings. The Hall–Kier alpha value is -3.15. The Morgan fingerprint density at radius 3 is 2.61 bits per heavy atom. The molecule has 2 aromatic carbocycles. The second kappa shape index (κ2) is 7.84. The summed E-state index contributed by atoms with van der Waals surface area (Å²) in [6, 6.07) is 15.6. The zero-order valence-electron chi connectivity index (χ0n) is 15.9. The highest BCUT2D eigenvalue weighted by atomic mass is 16.2. The summed E-state index contributed by atoms with van der Waals surface area (Å²) in [5.74, 6) is 0.709. The first-order valence-electron chi connectivity index (χ1n) is 9.68. The molecule has 1 aliphatic carbocycles. The van der Waals surface area contributed by atoms with Crippen LogP contribution in [0.25, 0.3) is 11.0 Å². The minimum atomic E-state index is -0.103. The van der Waals surface area contributed by atoms with Crippen molar-refractivity contribution in [3.05, 3.63) is 65.5 Å². The summed E-state index contributed by atoms with van der Waals surface area (Å²) in [7, 11) is 0. The van der Waals surface area contributed by atoms with Gasteiger partial charge in [-0.25, -0.2) is 4.98 Å². The monoisotopic (exact) mass is 376 g/mol. The van der Waals surface area contributed by atoms with Gasteiger partial charge in [0.2, 0.25) is 5.91 Å². The number of carbonyl (C=O) groups is 2. The third kappa shape index (κ3) is 4.22. The van der Waals surface area contributed by atoms with Crippen molar-refractivity contribution >= 4 is 22.8 Å². The number of hydrogen-bond acceptors (Lipinski definition) is 3. The normalized spacial score (nSPS) is 13.5. The van der Waals surface area contributed by atoms with Gasteiger partial charge in [-0.3, -0.25) is 9.59 Å². The van der Waals surface area contributed by atoms with Gasteiger partial charge in [0.25, 0.3) is 5.91 Å². The quantitative estimate of drug-likeness (QED) is 0.665. The lowest BCUT2D eigenvalue weighted by Crippen LogP contribution is -2.30. The lowest BCUT2D eigenvalue weighted by molar-refractivity contribution is -0.121. The number of nitrogens with one attached hydrogen (secondary N) is 2. The molecule has 6 nitrogen and oxygen atoms in total. The third-order valence-corrected chi connectivity index (χ3v) is 4.93. The van der Waals surface area contributed by atoms with Crippen molar-refractivity contribution in [1.29, 1.82) is 0 Å². The first-order chi connectivity index (χ1) is 13.6. The Labute approximate surface area is 164 Å². The van der Waals surface area contributed by atoms with Gasteiger partial charge < -0.3 is 15.2 Å². The Morgan fingerprint density at radius 1 is 1.11 bits per heavy atom. The van der Waals surface area contributed by atoms with Crippen molar-refractivity contribution in [1.82, 2.24) is 20.2 Å². The van der Waals surface area contributed by atoms with E-state index in [0.717, 1.165) is 35.3 Å². The van der Waals surface area contributed by atoms with Crippen LogP contribution in [0, 0.1) is 6.92 Å². The van der Waals surface area contributed by atoms with Crippen LogP contribution in [-0.2, 0) is 17.8 Å². The summed E-state index contributed by atoms with van der Waals surface area (Å²) in [5.41, 5.74) is 3.56. The highest BCUT2D eigenvalue weighted by molar-refractivity contribution is 5.94. The van der Waals surface area contributed by atoms with Crippen LogP contribution in [-0.4, -0.2) is 34.0 Å². The van der Waals surface area contributed by atoms with Crippen molar-refractivity contribution in [2.24, 2.45) is 0 Å². The van der Waals surface area contributed by atoms with Gasteiger partial charge in [0.05, 0.1) is 11.0 Å². The fourth-order valence-corrected chi connectivity index (χ4v) is 3.23. The number of hydrogen-bond donors (Lipinski definition) is 2. The van der Waals surface area contributed by atoms with Crippen LogP contribution in [0.3, 0.4) is 0 Å². The van der Waals surface area contributed by atoms with Crippen molar-refractivity contribution in [3.8, 4) is 0 Å². The van der Waals surface area contributed by atoms with E-state index in [4.69, 9.17) is 0 Å². The number of aryl methyl sites for hydroxylation is 1. The highest BCUT2D eigenvalue weighted by Crippen LogP contribution is 2.20. The predicted octanol–water partition coefficient (Wildman–Crippen LogP) is 2.60. The van der Waals surface area contributed by atoms with Gasteiger partial charge >= 0.3 is 0 Å². The molecule has 1 fully saturated rings. The van der Waals surface area contributed by atoms with Gasteiger partial charge in [-0.1, -0.05) is 29.8 Å². The molecule has 2 amide bonds. The van der Waals surface area contributed by atoms with E-state index in [-0.39, 0.29) is 18.4 Å². The number of amides is 2. The molecule has 0 bridgehead atoms. The van der Waals surface area contributed by atoms with E-state index in [9.17, 15) is 9.59 Å². The Bertz CT molecular complexity index is 1000. The van der Waals surface area contributed by atoms with Crippen LogP contribution in [0.2, 0.25) is 0 Å². The summed E-state index contributed by atoms with van der Waals surface area (Å²) in [4.78, 5) is 29.3. The van der Waals surface area contributed by atoms with Crippen molar-refractivity contribution in [2.75, 3.05) is 6.54 Å². The number of imidazole rings is 1. The maximum absolute atomic E-state index is 12.3. The maximum atomic E-state index is 12.3. The number of benzene rings is 2. The van der Waals surface area contributed by atoms with Crippen LogP contribution in [0.4, 0.5) is 0 Å². The topological polar surface area (TPSA) is 76.0 Å². The van der Waals surface area contributed by atoms with E-state index in [1.807, 2.05) is 60.0 Å². The molecule has 0 spiro atoms. The third-order valence-electron chi connectivity index (χ3n) is 4.93. The fraction of sp³-hybridized carbons (Fsp3) is 0.318. The van der Waals surface area contributed by atoms with E-state index < -0.39 is 0 Å². The lowest BCUT2D eigenvalue weighted by atomic mass is 10.1. The van der Waals surface area contributed by atoms with Crippen LogP contribution < -0.4 is 10.6 Å². The minimum Gasteiger partial charge on any atom is -0.352 e. The van der Waals surface area contributed by atoms with E-state index in [1.165, 1.54) is 0 Å². The molecule has 6 heteroatoms. The molecule has 144 valence electrons. The van der Waals surface area contributed by atoms with Crippen molar-refractivity contribution < 1.29 is 9.59 Å². The second-order valence-corrected chi connectivity index (χ2v) is 7.32. The molecule has 1 aromatic heterocycles. The lowest BCUT2D eigenvalue weighted by Gasteiger charge is -2.10. The van der Waals surface area contributed by atoms with Gasteiger partial charge in [-0.2, -0.15) is 0 Å². The molecular weight excluding hydrogens is 352 g/mol. The minimum absolute atomic E-state index is 0.00981. The number of aromatic nitrogens is 2. The molecular formula is C22H24N4O2. The summed E-state index contributed by atoms with van der Waals surface area (Å²) < 4.78 is 1.95. The smallest absolute Gasteiger partial charge is 0.251 e. The maximum Gasteiger partial charge on any atom is 0.251 e. The van der Waals surface area contributed by atoms with Gasteiger partial charge in [0.1, 0.15) is 12.4 Å². The molecule has 28 heavy (non-hydrogen) atoms. The molecule has 0 saturated heterocycles. The average molecular weight is 376 g/mol. The molecule has 4 rings (SSSR count). The van der Waals surface area contributed by atoms with Crippen LogP contribution in [0.5, 0.6) is 0 Å². The summed E-state index contributed by atoms with van der Waals surface area (Å²) in [5, 5.41) is 5.97. The van der Waals surface area contributed by atoms with E-state index in [2.05, 4.69) is 15.6 Å². The number of para-hydroxylation sites is 2. The van der Waals surface area contributed by atoms with Gasteiger partial charge in [-0.05, 0) is 44.0 Å². The summed E-state index contributed by atoms with van der Waals surface area (Å²) in [6.45, 7) is 2.70. The molecule has 3 aromatic rings. The van der Waals surface area contributed by atoms with Crippen molar-refractivity contribution in [2.45, 2.75) is 38.8 Å². The predicted molar refractivity (Wildman–Crippen MR) is 108 cm³/mol. The largest absolute Gasteiger partial charge is 0.352 e. The van der Waals surface area contributed by atoms with E-state index in [1.54, 1.807) is 0 Å². The SMILES string of the molecule is Cc1ccc(C(=O)NCCc2nc3ccccc3n2CC(=O)NC2CC2)cc1. The standard InChI is InChI=1S/C22H24N4O2/c1-15-6-8-16(9-7-15)22(28)23-13-12-20-25-18-4-2-3-5-19(18)26(20)14-21(27)24-17-10-11-17/h2-9,17H,10-14H2,1H3,(H,23,28)(H,24,27). The zero-order valence-corrected chi connectivity index (χ0v) is 15.9. The first-order valence-corrected chi connectivity index (χ1v) is 9.68. The molecule has 0 unspecified atom stereocenters. The summed E-state index contributed by atoms with van der Waals surface area (Å²) in [6.07, 6.45) is 2.69. The molecule has 2 N–H and O–H groups in total. The van der Waals surface area contributed by atoms with Crippen LogP contribution >= 0.6 is 0 Å². The van der Waals surface area contributed by atoms with Crippen LogP contribution in [0.15, 0.2) is 48.5 Å². The molecule has 0 radical (unpaired) electrons. The Kier molecular flexibility index (Phi) is 5.10. The van der Waals surface area contributed by atoms with Crippen molar-refractivity contribution in [3.63, 3.8) is 0 Å². The van der Waals surface area contributed by atoms with E-state index >= 15 is 0 Å². The van der Waals surface area contributed by atoms with E-state index in [0.29, 0.717) is 24.6 Å². The Balaban J connectivity index is 1.44. The van der Waals surface area contributed by atoms with Crippen LogP contribution in [0.1, 0.15) is 34.6 Å². The number of rotatable bonds is 7. The summed E-state index contributed by atoms with van der Waals surface area (Å²) >= 11 is 0. The number of carbonyl (C=O) groups excluding carboxylic acids is 2. The molecule has 1 heterocycles. The fourth-order valence-electron chi connectivity index (χ4n) is 3.23. The number of fused-ring (bicyclic) bond motifs is 1. The molecule has 0 atom stereocenters. The van der Waals surface area contributed by atoms with Gasteiger partial charge in [-0.15, -0.1) is 0 Å². The van der Waals surface area contributed by atoms with Gasteiger partial charge in [0.15, 0.2) is 0 Å². The average Bonchev–Trinajstić information content (AvgIpc) is 3.43. The molecule has 0 aliphatic heterocycles. The van der Waals surface area contributed by atoms with Gasteiger partial charge in [0, 0.05) is 24.6 Å². The first kappa shape index (κ1) is 18.2.